The van der Waals surface area contributed by atoms with Crippen molar-refractivity contribution >= 4 is 5.82 Å². The van der Waals surface area contributed by atoms with E-state index in [0.717, 1.165) is 43.3 Å². The van der Waals surface area contributed by atoms with E-state index in [2.05, 4.69) is 34.4 Å². The Balaban J connectivity index is 2.12. The number of nitrogens with zero attached hydrogens (tertiary/aromatic N) is 2. The topological polar surface area (TPSA) is 59.1 Å². The Morgan fingerprint density at radius 3 is 2.74 bits per heavy atom. The quantitative estimate of drug-likeness (QED) is 0.850. The number of hydrogen-bond acceptors (Lipinski definition) is 5. The van der Waals surface area contributed by atoms with Crippen LogP contribution in [0.25, 0.3) is 0 Å². The monoisotopic (exact) mass is 264 g/mol. The molecule has 0 saturated carbocycles. The lowest BCUT2D eigenvalue weighted by atomic mass is 10.1. The van der Waals surface area contributed by atoms with Crippen molar-refractivity contribution in [3.8, 4) is 0 Å². The van der Waals surface area contributed by atoms with Crippen molar-refractivity contribution in [3.63, 3.8) is 0 Å². The van der Waals surface area contributed by atoms with Crippen LogP contribution < -0.4 is 10.6 Å². The van der Waals surface area contributed by atoms with E-state index in [0.29, 0.717) is 18.6 Å². The molecule has 0 atom stereocenters. The molecule has 2 rings (SSSR count). The number of aromatic nitrogens is 2. The number of nitrogens with one attached hydrogen (secondary N) is 2. The molecule has 1 aromatic heterocycles. The van der Waals surface area contributed by atoms with E-state index in [1.54, 1.807) is 7.11 Å². The Bertz CT molecular complexity index is 402. The smallest absolute Gasteiger partial charge is 0.133 e. The number of anilines is 1. The van der Waals surface area contributed by atoms with Gasteiger partial charge in [-0.3, -0.25) is 0 Å². The largest absolute Gasteiger partial charge is 0.378 e. The molecule has 0 aromatic carbocycles. The lowest BCUT2D eigenvalue weighted by Crippen LogP contribution is -2.35. The van der Waals surface area contributed by atoms with E-state index in [9.17, 15) is 0 Å². The standard InChI is InChI=1S/C14H24N4O/c1-10(2)14-17-12(9-19-3)8-13(18-14)16-11-4-6-15-7-5-11/h8,10-11,15H,4-7,9H2,1-3H3,(H,16,17,18). The van der Waals surface area contributed by atoms with Gasteiger partial charge in [-0.1, -0.05) is 13.8 Å². The van der Waals surface area contributed by atoms with Crippen LogP contribution in [0.5, 0.6) is 0 Å². The van der Waals surface area contributed by atoms with Crippen molar-refractivity contribution in [2.75, 3.05) is 25.5 Å². The van der Waals surface area contributed by atoms with E-state index in [-0.39, 0.29) is 0 Å². The second-order valence-electron chi connectivity index (χ2n) is 5.36. The first-order chi connectivity index (χ1) is 9.19. The average molecular weight is 264 g/mol. The minimum absolute atomic E-state index is 0.324. The molecule has 5 heteroatoms. The molecule has 0 unspecified atom stereocenters. The number of piperidine rings is 1. The van der Waals surface area contributed by atoms with Crippen molar-refractivity contribution in [1.29, 1.82) is 0 Å². The minimum atomic E-state index is 0.324. The molecular formula is C14H24N4O. The molecule has 2 heterocycles. The van der Waals surface area contributed by atoms with Gasteiger partial charge in [0, 0.05) is 25.1 Å². The predicted molar refractivity (Wildman–Crippen MR) is 76.3 cm³/mol. The molecule has 0 bridgehead atoms. The highest BCUT2D eigenvalue weighted by Crippen LogP contribution is 2.17. The first kappa shape index (κ1) is 14.2. The van der Waals surface area contributed by atoms with Crippen LogP contribution in [-0.4, -0.2) is 36.2 Å². The number of hydrogen-bond donors (Lipinski definition) is 2. The fraction of sp³-hybridized carbons (Fsp3) is 0.714. The van der Waals surface area contributed by atoms with Crippen molar-refractivity contribution in [1.82, 2.24) is 15.3 Å². The maximum atomic E-state index is 5.18. The summed E-state index contributed by atoms with van der Waals surface area (Å²) in [5, 5.41) is 6.90. The molecule has 106 valence electrons. The van der Waals surface area contributed by atoms with Gasteiger partial charge in [-0.2, -0.15) is 0 Å². The minimum Gasteiger partial charge on any atom is -0.378 e. The first-order valence-corrected chi connectivity index (χ1v) is 7.03. The van der Waals surface area contributed by atoms with Gasteiger partial charge in [0.1, 0.15) is 11.6 Å². The average Bonchev–Trinajstić information content (AvgIpc) is 2.40. The van der Waals surface area contributed by atoms with Crippen LogP contribution in [0, 0.1) is 0 Å². The normalized spacial score (nSPS) is 16.8. The molecule has 1 fully saturated rings. The Morgan fingerprint density at radius 1 is 1.37 bits per heavy atom. The van der Waals surface area contributed by atoms with Gasteiger partial charge in [-0.05, 0) is 25.9 Å². The van der Waals surface area contributed by atoms with Crippen molar-refractivity contribution in [2.24, 2.45) is 0 Å². The highest BCUT2D eigenvalue weighted by atomic mass is 16.5. The summed E-state index contributed by atoms with van der Waals surface area (Å²) in [7, 11) is 1.69. The summed E-state index contributed by atoms with van der Waals surface area (Å²) in [4.78, 5) is 9.14. The summed E-state index contributed by atoms with van der Waals surface area (Å²) >= 11 is 0. The second-order valence-corrected chi connectivity index (χ2v) is 5.36. The van der Waals surface area contributed by atoms with Crippen LogP contribution in [-0.2, 0) is 11.3 Å². The molecule has 1 aromatic rings. The molecule has 5 nitrogen and oxygen atoms in total. The van der Waals surface area contributed by atoms with E-state index in [1.807, 2.05) is 6.07 Å². The fourth-order valence-electron chi connectivity index (χ4n) is 2.25. The number of methoxy groups -OCH3 is 1. The highest BCUT2D eigenvalue weighted by molar-refractivity contribution is 5.37. The van der Waals surface area contributed by atoms with Gasteiger partial charge in [-0.25, -0.2) is 9.97 Å². The molecule has 0 amide bonds. The first-order valence-electron chi connectivity index (χ1n) is 7.03. The third kappa shape index (κ3) is 4.14. The molecule has 2 N–H and O–H groups in total. The third-order valence-electron chi connectivity index (χ3n) is 3.30. The molecule has 0 radical (unpaired) electrons. The van der Waals surface area contributed by atoms with E-state index >= 15 is 0 Å². The van der Waals surface area contributed by atoms with Crippen LogP contribution in [0.15, 0.2) is 6.07 Å². The maximum Gasteiger partial charge on any atom is 0.133 e. The summed E-state index contributed by atoms with van der Waals surface area (Å²) in [5.74, 6) is 2.13. The van der Waals surface area contributed by atoms with Crippen molar-refractivity contribution in [2.45, 2.75) is 45.3 Å². The van der Waals surface area contributed by atoms with Crippen molar-refractivity contribution in [3.05, 3.63) is 17.6 Å². The van der Waals surface area contributed by atoms with Gasteiger partial charge in [0.15, 0.2) is 0 Å². The zero-order chi connectivity index (χ0) is 13.7. The zero-order valence-electron chi connectivity index (χ0n) is 12.1. The summed E-state index contributed by atoms with van der Waals surface area (Å²) in [6.07, 6.45) is 2.28. The molecule has 0 spiro atoms. The maximum absolute atomic E-state index is 5.18. The van der Waals surface area contributed by atoms with E-state index < -0.39 is 0 Å². The zero-order valence-corrected chi connectivity index (χ0v) is 12.1. The van der Waals surface area contributed by atoms with Crippen molar-refractivity contribution < 1.29 is 4.74 Å². The lowest BCUT2D eigenvalue weighted by Gasteiger charge is -2.24. The molecule has 1 saturated heterocycles. The second kappa shape index (κ2) is 6.82. The molecule has 1 aliphatic heterocycles. The molecular weight excluding hydrogens is 240 g/mol. The van der Waals surface area contributed by atoms with Crippen LogP contribution in [0.1, 0.15) is 44.1 Å². The van der Waals surface area contributed by atoms with Crippen LogP contribution in [0.4, 0.5) is 5.82 Å². The summed E-state index contributed by atoms with van der Waals surface area (Å²) in [5.41, 5.74) is 0.942. The summed E-state index contributed by atoms with van der Waals surface area (Å²) < 4.78 is 5.18. The van der Waals surface area contributed by atoms with Crippen LogP contribution >= 0.6 is 0 Å². The van der Waals surface area contributed by atoms with Gasteiger partial charge in [0.05, 0.1) is 12.3 Å². The van der Waals surface area contributed by atoms with Gasteiger partial charge in [0.25, 0.3) is 0 Å². The van der Waals surface area contributed by atoms with Gasteiger partial charge < -0.3 is 15.4 Å². The molecule has 0 aliphatic carbocycles. The number of rotatable bonds is 5. The SMILES string of the molecule is COCc1cc(NC2CCNCC2)nc(C(C)C)n1. The van der Waals surface area contributed by atoms with Gasteiger partial charge >= 0.3 is 0 Å². The Morgan fingerprint density at radius 2 is 2.11 bits per heavy atom. The van der Waals surface area contributed by atoms with E-state index in [1.165, 1.54) is 0 Å². The molecule has 1 aliphatic rings. The number of ether oxygens (including phenoxy) is 1. The predicted octanol–water partition coefficient (Wildman–Crippen LogP) is 1.91. The third-order valence-corrected chi connectivity index (χ3v) is 3.30. The van der Waals surface area contributed by atoms with Crippen LogP contribution in [0.3, 0.4) is 0 Å². The highest BCUT2D eigenvalue weighted by Gasteiger charge is 2.15. The fourth-order valence-corrected chi connectivity index (χ4v) is 2.25. The van der Waals surface area contributed by atoms with Gasteiger partial charge in [-0.15, -0.1) is 0 Å². The van der Waals surface area contributed by atoms with Gasteiger partial charge in [0.2, 0.25) is 0 Å². The summed E-state index contributed by atoms with van der Waals surface area (Å²) in [6, 6.07) is 2.50. The van der Waals surface area contributed by atoms with E-state index in [4.69, 9.17) is 4.74 Å². The lowest BCUT2D eigenvalue weighted by molar-refractivity contribution is 0.181. The van der Waals surface area contributed by atoms with Crippen LogP contribution in [0.2, 0.25) is 0 Å². The Kier molecular flexibility index (Phi) is 5.10. The molecule has 19 heavy (non-hydrogen) atoms. The summed E-state index contributed by atoms with van der Waals surface area (Å²) in [6.45, 7) is 6.90. The Labute approximate surface area is 115 Å². The Hall–Kier alpha value is -1.20.